The van der Waals surface area contributed by atoms with E-state index in [0.29, 0.717) is 13.0 Å². The maximum absolute atomic E-state index is 11.8. The predicted molar refractivity (Wildman–Crippen MR) is 56.5 cm³/mol. The van der Waals surface area contributed by atoms with Crippen molar-refractivity contribution < 1.29 is 28.5 Å². The minimum Gasteiger partial charge on any atom is -0.461 e. The van der Waals surface area contributed by atoms with Crippen molar-refractivity contribution >= 4 is 5.97 Å². The summed E-state index contributed by atoms with van der Waals surface area (Å²) < 4.78 is 26.7. The number of carbonyl (C=O) groups excluding carboxylic acids is 1. The average Bonchev–Trinajstić information content (AvgIpc) is 3.26. The second-order valence-electron chi connectivity index (χ2n) is 5.25. The van der Waals surface area contributed by atoms with Gasteiger partial charge in [-0.2, -0.15) is 0 Å². The molecule has 4 aliphatic rings. The Morgan fingerprint density at radius 2 is 1.67 bits per heavy atom. The maximum Gasteiger partial charge on any atom is 0.335 e. The lowest BCUT2D eigenvalue weighted by molar-refractivity contribution is -0.168. The molecule has 4 saturated heterocycles. The van der Waals surface area contributed by atoms with Crippen molar-refractivity contribution in [2.45, 2.75) is 62.7 Å². The lowest BCUT2D eigenvalue weighted by atomic mass is 10.1. The molecule has 6 nitrogen and oxygen atoms in total. The molecule has 6 atom stereocenters. The maximum atomic E-state index is 11.8. The molecule has 6 heteroatoms. The van der Waals surface area contributed by atoms with Crippen LogP contribution in [-0.2, 0) is 28.5 Å². The van der Waals surface area contributed by atoms with Gasteiger partial charge in [-0.3, -0.25) is 0 Å². The van der Waals surface area contributed by atoms with E-state index < -0.39 is 6.10 Å². The summed E-state index contributed by atoms with van der Waals surface area (Å²) in [6.45, 7) is 0.292. The average molecular weight is 256 g/mol. The fraction of sp³-hybridized carbons (Fsp3) is 0.917. The molecule has 4 fully saturated rings. The van der Waals surface area contributed by atoms with Crippen LogP contribution in [0.2, 0.25) is 0 Å². The highest BCUT2D eigenvalue weighted by Gasteiger charge is 2.48. The zero-order valence-corrected chi connectivity index (χ0v) is 9.95. The van der Waals surface area contributed by atoms with Gasteiger partial charge in [-0.1, -0.05) is 0 Å². The van der Waals surface area contributed by atoms with E-state index in [9.17, 15) is 4.79 Å². The van der Waals surface area contributed by atoms with E-state index in [1.54, 1.807) is 0 Å². The zero-order chi connectivity index (χ0) is 12.1. The van der Waals surface area contributed by atoms with E-state index in [-0.39, 0.29) is 36.9 Å². The molecule has 0 amide bonds. The molecule has 0 aliphatic carbocycles. The molecule has 4 rings (SSSR count). The first-order valence-corrected chi connectivity index (χ1v) is 6.58. The van der Waals surface area contributed by atoms with Crippen molar-refractivity contribution in [3.8, 4) is 0 Å². The van der Waals surface area contributed by atoms with Crippen molar-refractivity contribution in [3.63, 3.8) is 0 Å². The number of carbonyl (C=O) groups is 1. The van der Waals surface area contributed by atoms with Gasteiger partial charge in [0.05, 0.1) is 6.10 Å². The summed E-state index contributed by atoms with van der Waals surface area (Å²) in [7, 11) is 0. The van der Waals surface area contributed by atoms with Crippen molar-refractivity contribution in [3.05, 3.63) is 0 Å². The van der Waals surface area contributed by atoms with Gasteiger partial charge in [-0.15, -0.1) is 0 Å². The second-order valence-corrected chi connectivity index (χ2v) is 5.25. The summed E-state index contributed by atoms with van der Waals surface area (Å²) in [6.07, 6.45) is 3.17. The van der Waals surface area contributed by atoms with Gasteiger partial charge in [0, 0.05) is 0 Å². The van der Waals surface area contributed by atoms with Gasteiger partial charge in [-0.25, -0.2) is 4.79 Å². The molecule has 0 aromatic heterocycles. The van der Waals surface area contributed by atoms with Crippen LogP contribution in [0.15, 0.2) is 0 Å². The van der Waals surface area contributed by atoms with Crippen molar-refractivity contribution in [1.29, 1.82) is 0 Å². The number of hydrogen-bond donors (Lipinski definition) is 0. The molecule has 0 bridgehead atoms. The highest BCUT2D eigenvalue weighted by atomic mass is 16.8. The Hall–Kier alpha value is -0.690. The summed E-state index contributed by atoms with van der Waals surface area (Å²) in [6, 6.07) is 0. The SMILES string of the molecule is O=C(OCC1CCC2OC2O1)C1CCC2OC2O1. The standard InChI is InChI=1S/C12H16O6/c13-10(7-3-4-9-12(16-7)18-9)14-5-6-1-2-8-11(15-6)17-8/h6-9,11-12H,1-5H2. The third-order valence-corrected chi connectivity index (χ3v) is 3.86. The number of epoxide rings is 2. The first kappa shape index (κ1) is 11.2. The smallest absolute Gasteiger partial charge is 0.335 e. The molecule has 0 spiro atoms. The number of fused-ring (bicyclic) bond motifs is 2. The highest BCUT2D eigenvalue weighted by molar-refractivity contribution is 5.74. The van der Waals surface area contributed by atoms with E-state index in [1.165, 1.54) is 0 Å². The summed E-state index contributed by atoms with van der Waals surface area (Å²) in [5, 5.41) is 0. The van der Waals surface area contributed by atoms with Crippen LogP contribution in [-0.4, -0.2) is 49.6 Å². The van der Waals surface area contributed by atoms with Crippen molar-refractivity contribution in [2.75, 3.05) is 6.61 Å². The van der Waals surface area contributed by atoms with Crippen LogP contribution in [0.1, 0.15) is 25.7 Å². The van der Waals surface area contributed by atoms with E-state index in [1.807, 2.05) is 0 Å². The van der Waals surface area contributed by atoms with Crippen LogP contribution in [0.25, 0.3) is 0 Å². The minimum atomic E-state index is -0.470. The largest absolute Gasteiger partial charge is 0.461 e. The second kappa shape index (κ2) is 4.16. The number of ether oxygens (including phenoxy) is 5. The number of rotatable bonds is 3. The summed E-state index contributed by atoms with van der Waals surface area (Å²) in [5.74, 6) is -0.300. The highest BCUT2D eigenvalue weighted by Crippen LogP contribution is 2.36. The topological polar surface area (TPSA) is 69.8 Å². The van der Waals surface area contributed by atoms with Gasteiger partial charge in [0.2, 0.25) is 0 Å². The Bertz CT molecular complexity index is 358. The molecule has 0 radical (unpaired) electrons. The van der Waals surface area contributed by atoms with E-state index in [0.717, 1.165) is 19.3 Å². The molecular formula is C12H16O6. The Morgan fingerprint density at radius 1 is 0.944 bits per heavy atom. The summed E-state index contributed by atoms with van der Waals surface area (Å²) >= 11 is 0. The van der Waals surface area contributed by atoms with Gasteiger partial charge in [0.25, 0.3) is 0 Å². The minimum absolute atomic E-state index is 0.0359. The van der Waals surface area contributed by atoms with Gasteiger partial charge in [-0.05, 0) is 25.7 Å². The van der Waals surface area contributed by atoms with E-state index >= 15 is 0 Å². The predicted octanol–water partition coefficient (Wildman–Crippen LogP) is 0.337. The van der Waals surface area contributed by atoms with E-state index in [2.05, 4.69) is 0 Å². The molecule has 0 N–H and O–H groups in total. The van der Waals surface area contributed by atoms with Gasteiger partial charge in [0.1, 0.15) is 18.8 Å². The number of esters is 1. The van der Waals surface area contributed by atoms with Crippen LogP contribution in [0.4, 0.5) is 0 Å². The van der Waals surface area contributed by atoms with Gasteiger partial charge in [0.15, 0.2) is 18.7 Å². The van der Waals surface area contributed by atoms with Gasteiger partial charge >= 0.3 is 5.97 Å². The van der Waals surface area contributed by atoms with Crippen LogP contribution in [0.3, 0.4) is 0 Å². The Morgan fingerprint density at radius 3 is 2.39 bits per heavy atom. The normalized spacial score (nSPS) is 48.9. The molecule has 6 unspecified atom stereocenters. The lowest BCUT2D eigenvalue weighted by Gasteiger charge is -2.22. The van der Waals surface area contributed by atoms with Crippen molar-refractivity contribution in [1.82, 2.24) is 0 Å². The fourth-order valence-electron chi connectivity index (χ4n) is 2.62. The summed E-state index contributed by atoms with van der Waals surface area (Å²) in [4.78, 5) is 11.8. The third kappa shape index (κ3) is 2.14. The van der Waals surface area contributed by atoms with Crippen LogP contribution in [0.5, 0.6) is 0 Å². The Kier molecular flexibility index (Phi) is 2.58. The molecule has 4 aliphatic heterocycles. The molecule has 18 heavy (non-hydrogen) atoms. The fourth-order valence-corrected chi connectivity index (χ4v) is 2.62. The first-order chi connectivity index (χ1) is 8.79. The lowest BCUT2D eigenvalue weighted by Crippen LogP contribution is -2.35. The van der Waals surface area contributed by atoms with Crippen LogP contribution in [0, 0.1) is 0 Å². The molecule has 100 valence electrons. The molecule has 0 aromatic carbocycles. The monoisotopic (exact) mass is 256 g/mol. The summed E-state index contributed by atoms with van der Waals surface area (Å²) in [5.41, 5.74) is 0. The van der Waals surface area contributed by atoms with Crippen molar-refractivity contribution in [2.24, 2.45) is 0 Å². The van der Waals surface area contributed by atoms with Gasteiger partial charge < -0.3 is 23.7 Å². The Balaban J connectivity index is 1.23. The quantitative estimate of drug-likeness (QED) is 0.535. The molecular weight excluding hydrogens is 240 g/mol. The zero-order valence-electron chi connectivity index (χ0n) is 9.95. The first-order valence-electron chi connectivity index (χ1n) is 6.58. The van der Waals surface area contributed by atoms with Crippen LogP contribution < -0.4 is 0 Å². The van der Waals surface area contributed by atoms with Crippen LogP contribution >= 0.6 is 0 Å². The Labute approximate surface area is 104 Å². The third-order valence-electron chi connectivity index (χ3n) is 3.86. The van der Waals surface area contributed by atoms with E-state index in [4.69, 9.17) is 23.7 Å². The molecule has 0 aromatic rings. The number of hydrogen-bond acceptors (Lipinski definition) is 6. The molecule has 4 heterocycles. The molecule has 0 saturated carbocycles.